The van der Waals surface area contributed by atoms with Crippen molar-refractivity contribution in [3.05, 3.63) is 65.6 Å². The number of benzene rings is 1. The van der Waals surface area contributed by atoms with Crippen LogP contribution in [0, 0.1) is 0 Å². The highest BCUT2D eigenvalue weighted by Gasteiger charge is 2.02. The molecule has 0 fully saturated rings. The SMILES string of the molecule is Clc1ccc2c(ccn2Cc2ccncc2)c1. The smallest absolute Gasteiger partial charge is 0.0484 e. The average Bonchev–Trinajstić information content (AvgIpc) is 2.73. The lowest BCUT2D eigenvalue weighted by Crippen LogP contribution is -1.97. The Morgan fingerprint density at radius 3 is 2.71 bits per heavy atom. The zero-order valence-corrected chi connectivity index (χ0v) is 9.93. The molecule has 0 saturated heterocycles. The molecule has 84 valence electrons. The molecule has 0 aliphatic carbocycles. The van der Waals surface area contributed by atoms with E-state index in [1.807, 2.05) is 36.7 Å². The molecule has 2 aromatic heterocycles. The number of nitrogens with zero attached hydrogens (tertiary/aromatic N) is 2. The summed E-state index contributed by atoms with van der Waals surface area (Å²) in [5.41, 5.74) is 2.44. The van der Waals surface area contributed by atoms with Gasteiger partial charge in [0.05, 0.1) is 0 Å². The van der Waals surface area contributed by atoms with Gasteiger partial charge in [-0.1, -0.05) is 11.6 Å². The first kappa shape index (κ1) is 10.4. The average molecular weight is 243 g/mol. The molecule has 0 saturated carbocycles. The lowest BCUT2D eigenvalue weighted by atomic mass is 10.2. The second-order valence-electron chi connectivity index (χ2n) is 4.00. The summed E-state index contributed by atoms with van der Waals surface area (Å²) in [4.78, 5) is 4.02. The zero-order valence-electron chi connectivity index (χ0n) is 9.18. The summed E-state index contributed by atoms with van der Waals surface area (Å²) in [6.45, 7) is 0.855. The van der Waals surface area contributed by atoms with Crippen molar-refractivity contribution in [1.82, 2.24) is 9.55 Å². The minimum Gasteiger partial charge on any atom is -0.343 e. The van der Waals surface area contributed by atoms with Crippen molar-refractivity contribution >= 4 is 22.5 Å². The van der Waals surface area contributed by atoms with Crippen LogP contribution in [0.3, 0.4) is 0 Å². The van der Waals surface area contributed by atoms with Gasteiger partial charge in [-0.3, -0.25) is 4.98 Å². The van der Waals surface area contributed by atoms with E-state index in [0.717, 1.165) is 11.6 Å². The predicted octanol–water partition coefficient (Wildman–Crippen LogP) is 3.74. The van der Waals surface area contributed by atoms with Gasteiger partial charge in [0.2, 0.25) is 0 Å². The highest BCUT2D eigenvalue weighted by Crippen LogP contribution is 2.21. The van der Waals surface area contributed by atoms with Gasteiger partial charge in [0.15, 0.2) is 0 Å². The molecule has 1 aromatic carbocycles. The quantitative estimate of drug-likeness (QED) is 0.669. The van der Waals surface area contributed by atoms with Crippen LogP contribution in [0.2, 0.25) is 5.02 Å². The number of hydrogen-bond acceptors (Lipinski definition) is 1. The summed E-state index contributed by atoms with van der Waals surface area (Å²) >= 11 is 5.97. The summed E-state index contributed by atoms with van der Waals surface area (Å²) in [7, 11) is 0. The Morgan fingerprint density at radius 2 is 1.88 bits per heavy atom. The fraction of sp³-hybridized carbons (Fsp3) is 0.0714. The molecule has 0 amide bonds. The van der Waals surface area contributed by atoms with Gasteiger partial charge in [0.1, 0.15) is 0 Å². The minimum absolute atomic E-state index is 0.777. The van der Waals surface area contributed by atoms with E-state index in [0.29, 0.717) is 0 Å². The number of hydrogen-bond donors (Lipinski definition) is 0. The van der Waals surface area contributed by atoms with Crippen LogP contribution in [0.15, 0.2) is 55.0 Å². The van der Waals surface area contributed by atoms with Gasteiger partial charge in [0, 0.05) is 41.1 Å². The van der Waals surface area contributed by atoms with Gasteiger partial charge in [-0.15, -0.1) is 0 Å². The van der Waals surface area contributed by atoms with Crippen LogP contribution >= 0.6 is 11.6 Å². The normalized spacial score (nSPS) is 10.9. The van der Waals surface area contributed by atoms with Crippen molar-refractivity contribution in [2.75, 3.05) is 0 Å². The summed E-state index contributed by atoms with van der Waals surface area (Å²) in [6.07, 6.45) is 5.72. The molecule has 0 bridgehead atoms. The van der Waals surface area contributed by atoms with E-state index in [1.165, 1.54) is 16.5 Å². The number of aromatic nitrogens is 2. The summed E-state index contributed by atoms with van der Waals surface area (Å²) in [5, 5.41) is 1.95. The topological polar surface area (TPSA) is 17.8 Å². The molecule has 17 heavy (non-hydrogen) atoms. The second-order valence-corrected chi connectivity index (χ2v) is 4.44. The fourth-order valence-corrected chi connectivity index (χ4v) is 2.17. The van der Waals surface area contributed by atoms with Crippen LogP contribution in [0.5, 0.6) is 0 Å². The third kappa shape index (κ3) is 2.04. The Hall–Kier alpha value is -1.80. The molecule has 3 aromatic rings. The number of fused-ring (bicyclic) bond motifs is 1. The molecule has 0 radical (unpaired) electrons. The fourth-order valence-electron chi connectivity index (χ4n) is 1.99. The van der Waals surface area contributed by atoms with E-state index in [2.05, 4.69) is 27.9 Å². The maximum atomic E-state index is 5.97. The maximum absolute atomic E-state index is 5.97. The van der Waals surface area contributed by atoms with Gasteiger partial charge in [0.25, 0.3) is 0 Å². The summed E-state index contributed by atoms with van der Waals surface area (Å²) < 4.78 is 2.21. The minimum atomic E-state index is 0.777. The van der Waals surface area contributed by atoms with E-state index >= 15 is 0 Å². The molecule has 0 N–H and O–H groups in total. The summed E-state index contributed by atoms with van der Waals surface area (Å²) in [5.74, 6) is 0. The lowest BCUT2D eigenvalue weighted by Gasteiger charge is -2.05. The molecule has 0 unspecified atom stereocenters. The van der Waals surface area contributed by atoms with Crippen molar-refractivity contribution in [3.8, 4) is 0 Å². The Balaban J connectivity index is 2.01. The van der Waals surface area contributed by atoms with Crippen LogP contribution in [0.4, 0.5) is 0 Å². The van der Waals surface area contributed by atoms with E-state index in [4.69, 9.17) is 11.6 Å². The molecule has 0 aliphatic rings. The Morgan fingerprint density at radius 1 is 1.06 bits per heavy atom. The van der Waals surface area contributed by atoms with E-state index in [1.54, 1.807) is 0 Å². The van der Waals surface area contributed by atoms with Crippen LogP contribution in [-0.4, -0.2) is 9.55 Å². The van der Waals surface area contributed by atoms with Crippen LogP contribution in [-0.2, 0) is 6.54 Å². The van der Waals surface area contributed by atoms with Gasteiger partial charge >= 0.3 is 0 Å². The van der Waals surface area contributed by atoms with Gasteiger partial charge in [-0.25, -0.2) is 0 Å². The molecular formula is C14H11ClN2. The molecule has 2 nitrogen and oxygen atoms in total. The van der Waals surface area contributed by atoms with Crippen molar-refractivity contribution in [1.29, 1.82) is 0 Å². The first-order valence-electron chi connectivity index (χ1n) is 5.46. The standard InChI is InChI=1S/C14H11ClN2/c15-13-1-2-14-12(9-13)5-8-17(14)10-11-3-6-16-7-4-11/h1-9H,10H2. The van der Waals surface area contributed by atoms with Gasteiger partial charge in [-0.05, 0) is 42.0 Å². The highest BCUT2D eigenvalue weighted by molar-refractivity contribution is 6.31. The maximum Gasteiger partial charge on any atom is 0.0484 e. The zero-order chi connectivity index (χ0) is 11.7. The Kier molecular flexibility index (Phi) is 2.57. The van der Waals surface area contributed by atoms with Crippen LogP contribution in [0.25, 0.3) is 10.9 Å². The highest BCUT2D eigenvalue weighted by atomic mass is 35.5. The van der Waals surface area contributed by atoms with Crippen molar-refractivity contribution in [3.63, 3.8) is 0 Å². The Bertz CT molecular complexity index is 644. The summed E-state index contributed by atoms with van der Waals surface area (Å²) in [6, 6.07) is 12.1. The number of rotatable bonds is 2. The monoisotopic (exact) mass is 242 g/mol. The largest absolute Gasteiger partial charge is 0.343 e. The second kappa shape index (κ2) is 4.22. The molecule has 2 heterocycles. The van der Waals surface area contributed by atoms with Crippen molar-refractivity contribution < 1.29 is 0 Å². The van der Waals surface area contributed by atoms with Crippen molar-refractivity contribution in [2.45, 2.75) is 6.54 Å². The predicted molar refractivity (Wildman–Crippen MR) is 70.3 cm³/mol. The Labute approximate surface area is 104 Å². The molecule has 3 heteroatoms. The molecule has 3 rings (SSSR count). The van der Waals surface area contributed by atoms with E-state index in [-0.39, 0.29) is 0 Å². The molecular weight excluding hydrogens is 232 g/mol. The first-order valence-corrected chi connectivity index (χ1v) is 5.84. The van der Waals surface area contributed by atoms with E-state index < -0.39 is 0 Å². The third-order valence-electron chi connectivity index (χ3n) is 2.84. The van der Waals surface area contributed by atoms with Crippen LogP contribution in [0.1, 0.15) is 5.56 Å². The molecule has 0 spiro atoms. The number of halogens is 1. The molecule has 0 aliphatic heterocycles. The lowest BCUT2D eigenvalue weighted by molar-refractivity contribution is 0.835. The first-order chi connectivity index (χ1) is 8.33. The third-order valence-corrected chi connectivity index (χ3v) is 3.07. The van der Waals surface area contributed by atoms with Crippen LogP contribution < -0.4 is 0 Å². The van der Waals surface area contributed by atoms with E-state index in [9.17, 15) is 0 Å². The molecule has 0 atom stereocenters. The van der Waals surface area contributed by atoms with Crippen molar-refractivity contribution in [2.24, 2.45) is 0 Å². The van der Waals surface area contributed by atoms with Gasteiger partial charge in [-0.2, -0.15) is 0 Å². The number of pyridine rings is 1. The van der Waals surface area contributed by atoms with Gasteiger partial charge < -0.3 is 4.57 Å².